The van der Waals surface area contributed by atoms with Crippen LogP contribution < -0.4 is 20.1 Å². The molecule has 1 aromatic heterocycles. The van der Waals surface area contributed by atoms with Crippen LogP contribution in [0.15, 0.2) is 66.5 Å². The fraction of sp³-hybridized carbons (Fsp3) is 0.300. The molecule has 0 bridgehead atoms. The molecule has 220 valence electrons. The second-order valence-corrected chi connectivity index (χ2v) is 10.7. The van der Waals surface area contributed by atoms with E-state index in [0.717, 1.165) is 0 Å². The number of carboxylic acids is 1. The van der Waals surface area contributed by atoms with Gasteiger partial charge >= 0.3 is 12.6 Å². The van der Waals surface area contributed by atoms with Gasteiger partial charge in [-0.3, -0.25) is 9.78 Å². The van der Waals surface area contributed by atoms with E-state index >= 15 is 0 Å². The predicted molar refractivity (Wildman–Crippen MR) is 151 cm³/mol. The van der Waals surface area contributed by atoms with Crippen LogP contribution in [0.3, 0.4) is 0 Å². The number of β-amino-alcohol motifs (C(OH)–C–C–N with tert-alkyl or cyclic N) is 1. The molecule has 4 N–H and O–H groups in total. The standard InChI is InChI=1S/C30H28ClF2N3O6/c31-24-12-20(7-8-23(24)30(40)9-10-36(16-30)19-11-18(28(38)39)13-35-14-19)41-15-22(27(37)17-5-6-17)26(34)21-3-1-2-4-25(21)42-29(32)33/h1-4,7-8,11-14,17,29,40H,5-6,9-10,15-16,34H2,(H,38,39). The molecule has 1 unspecified atom stereocenters. The van der Waals surface area contributed by atoms with Crippen LogP contribution in [-0.2, 0) is 10.4 Å². The quantitative estimate of drug-likeness (QED) is 0.264. The lowest BCUT2D eigenvalue weighted by molar-refractivity contribution is -0.116. The van der Waals surface area contributed by atoms with E-state index in [0.29, 0.717) is 42.8 Å². The van der Waals surface area contributed by atoms with Gasteiger partial charge in [-0.05, 0) is 49.6 Å². The number of hydrogen-bond donors (Lipinski definition) is 3. The fourth-order valence-electron chi connectivity index (χ4n) is 4.99. The highest BCUT2D eigenvalue weighted by atomic mass is 35.5. The van der Waals surface area contributed by atoms with E-state index < -0.39 is 18.2 Å². The first-order chi connectivity index (χ1) is 20.1. The number of rotatable bonds is 11. The number of anilines is 1. The Morgan fingerprint density at radius 3 is 2.62 bits per heavy atom. The van der Waals surface area contributed by atoms with E-state index in [1.54, 1.807) is 18.2 Å². The number of nitrogens with two attached hydrogens (primary N) is 1. The maximum absolute atomic E-state index is 13.1. The van der Waals surface area contributed by atoms with Gasteiger partial charge in [-0.2, -0.15) is 8.78 Å². The number of hydrogen-bond acceptors (Lipinski definition) is 8. The SMILES string of the molecule is NC(=C(COc1ccc(C2(O)CCN(c3cncc(C(=O)O)c3)C2)c(Cl)c1)C(=O)C1CC1)c1ccccc1OC(F)F. The number of para-hydroxylation sites is 1. The van der Waals surface area contributed by atoms with Crippen LogP contribution >= 0.6 is 11.6 Å². The Bertz CT molecular complexity index is 1550. The Hall–Kier alpha value is -4.22. The third-order valence-electron chi connectivity index (χ3n) is 7.37. The maximum Gasteiger partial charge on any atom is 0.387 e. The minimum absolute atomic E-state index is 0.00678. The van der Waals surface area contributed by atoms with E-state index in [1.807, 2.05) is 4.90 Å². The van der Waals surface area contributed by atoms with Crippen LogP contribution in [0.1, 0.15) is 40.7 Å². The Morgan fingerprint density at radius 1 is 1.17 bits per heavy atom. The molecule has 12 heteroatoms. The number of ketones is 1. The lowest BCUT2D eigenvalue weighted by Gasteiger charge is -2.26. The molecule has 1 atom stereocenters. The second-order valence-electron chi connectivity index (χ2n) is 10.3. The summed E-state index contributed by atoms with van der Waals surface area (Å²) in [5, 5.41) is 21.0. The van der Waals surface area contributed by atoms with Crippen LogP contribution in [0, 0.1) is 5.92 Å². The van der Waals surface area contributed by atoms with Crippen LogP contribution in [0.4, 0.5) is 14.5 Å². The molecular formula is C30H28ClF2N3O6. The van der Waals surface area contributed by atoms with E-state index in [4.69, 9.17) is 22.1 Å². The number of carboxylic acid groups (broad SMARTS) is 1. The lowest BCUT2D eigenvalue weighted by Crippen LogP contribution is -2.31. The molecule has 2 aromatic carbocycles. The number of benzene rings is 2. The maximum atomic E-state index is 13.1. The summed E-state index contributed by atoms with van der Waals surface area (Å²) in [4.78, 5) is 30.3. The highest BCUT2D eigenvalue weighted by Gasteiger charge is 2.40. The minimum atomic E-state index is -3.06. The van der Waals surface area contributed by atoms with Crippen LogP contribution in [0.2, 0.25) is 5.02 Å². The van der Waals surface area contributed by atoms with Gasteiger partial charge < -0.3 is 30.3 Å². The van der Waals surface area contributed by atoms with Crippen molar-refractivity contribution >= 4 is 34.7 Å². The molecular weight excluding hydrogens is 572 g/mol. The number of pyridine rings is 1. The molecule has 0 amide bonds. The van der Waals surface area contributed by atoms with Crippen molar-refractivity contribution in [2.24, 2.45) is 11.7 Å². The predicted octanol–water partition coefficient (Wildman–Crippen LogP) is 4.86. The number of ether oxygens (including phenoxy) is 2. The zero-order chi connectivity index (χ0) is 30.0. The van der Waals surface area contributed by atoms with Gasteiger partial charge in [-0.25, -0.2) is 4.79 Å². The number of halogens is 3. The van der Waals surface area contributed by atoms with Crippen molar-refractivity contribution < 1.29 is 38.1 Å². The van der Waals surface area contributed by atoms with Gasteiger partial charge in [0.15, 0.2) is 5.78 Å². The van der Waals surface area contributed by atoms with Crippen molar-refractivity contribution in [2.75, 3.05) is 24.6 Å². The van der Waals surface area contributed by atoms with E-state index in [1.165, 1.54) is 42.7 Å². The first-order valence-corrected chi connectivity index (χ1v) is 13.6. The van der Waals surface area contributed by atoms with Gasteiger partial charge in [0.05, 0.1) is 40.3 Å². The zero-order valence-electron chi connectivity index (χ0n) is 22.3. The third-order valence-corrected chi connectivity index (χ3v) is 7.69. The number of Topliss-reactive ketones (excluding diaryl/α,β-unsaturated/α-hetero) is 1. The molecule has 0 spiro atoms. The first kappa shape index (κ1) is 29.3. The van der Waals surface area contributed by atoms with Gasteiger partial charge in [0.2, 0.25) is 0 Å². The molecule has 0 radical (unpaired) electrons. The molecule has 1 aliphatic carbocycles. The summed E-state index contributed by atoms with van der Waals surface area (Å²) in [6.07, 6.45) is 4.54. The van der Waals surface area contributed by atoms with E-state index in [9.17, 15) is 28.6 Å². The summed E-state index contributed by atoms with van der Waals surface area (Å²) in [7, 11) is 0. The van der Waals surface area contributed by atoms with Gasteiger partial charge in [0.1, 0.15) is 23.7 Å². The first-order valence-electron chi connectivity index (χ1n) is 13.2. The Labute approximate surface area is 245 Å². The van der Waals surface area contributed by atoms with Crippen LogP contribution in [0.5, 0.6) is 11.5 Å². The minimum Gasteiger partial charge on any atom is -0.489 e. The molecule has 1 aliphatic heterocycles. The van der Waals surface area contributed by atoms with Crippen LogP contribution in [0.25, 0.3) is 5.70 Å². The number of alkyl halides is 2. The van der Waals surface area contributed by atoms with E-state index in [-0.39, 0.29) is 58.0 Å². The average Bonchev–Trinajstić information content (AvgIpc) is 3.74. The summed E-state index contributed by atoms with van der Waals surface area (Å²) in [6.45, 7) is -2.68. The number of aliphatic hydroxyl groups is 1. The summed E-state index contributed by atoms with van der Waals surface area (Å²) >= 11 is 6.59. The normalized spacial score (nSPS) is 19.0. The molecule has 2 fully saturated rings. The summed E-state index contributed by atoms with van der Waals surface area (Å²) < 4.78 is 36.4. The van der Waals surface area contributed by atoms with Crippen molar-refractivity contribution in [1.29, 1.82) is 0 Å². The Morgan fingerprint density at radius 2 is 1.93 bits per heavy atom. The van der Waals surface area contributed by atoms with Gasteiger partial charge in [-0.1, -0.05) is 29.8 Å². The lowest BCUT2D eigenvalue weighted by atomic mass is 9.93. The van der Waals surface area contributed by atoms with Gasteiger partial charge in [0, 0.05) is 29.8 Å². The van der Waals surface area contributed by atoms with Crippen molar-refractivity contribution in [3.63, 3.8) is 0 Å². The molecule has 3 aromatic rings. The van der Waals surface area contributed by atoms with Crippen LogP contribution in [-0.4, -0.2) is 53.3 Å². The topological polar surface area (TPSA) is 135 Å². The number of carbonyl (C=O) groups excluding carboxylic acids is 1. The van der Waals surface area contributed by atoms with Crippen molar-refractivity contribution in [3.8, 4) is 11.5 Å². The number of aromatic nitrogens is 1. The molecule has 2 heterocycles. The highest BCUT2D eigenvalue weighted by molar-refractivity contribution is 6.31. The smallest absolute Gasteiger partial charge is 0.387 e. The molecule has 9 nitrogen and oxygen atoms in total. The molecule has 5 rings (SSSR count). The average molecular weight is 600 g/mol. The largest absolute Gasteiger partial charge is 0.489 e. The summed E-state index contributed by atoms with van der Waals surface area (Å²) in [5.41, 5.74) is 6.40. The highest BCUT2D eigenvalue weighted by Crippen LogP contribution is 2.40. The third kappa shape index (κ3) is 6.32. The molecule has 1 saturated heterocycles. The zero-order valence-corrected chi connectivity index (χ0v) is 23.1. The van der Waals surface area contributed by atoms with E-state index in [2.05, 4.69) is 9.72 Å². The molecule has 2 aliphatic rings. The number of carbonyl (C=O) groups is 2. The van der Waals surface area contributed by atoms with Crippen molar-refractivity contribution in [1.82, 2.24) is 4.98 Å². The fourth-order valence-corrected chi connectivity index (χ4v) is 5.34. The molecule has 42 heavy (non-hydrogen) atoms. The summed E-state index contributed by atoms with van der Waals surface area (Å²) in [6, 6.07) is 12.2. The van der Waals surface area contributed by atoms with Gasteiger partial charge in [-0.15, -0.1) is 0 Å². The summed E-state index contributed by atoms with van der Waals surface area (Å²) in [5.74, 6) is -1.36. The second kappa shape index (κ2) is 11.9. The van der Waals surface area contributed by atoms with Crippen molar-refractivity contribution in [3.05, 3.63) is 88.2 Å². The Kier molecular flexibility index (Phi) is 8.33. The Balaban J connectivity index is 1.34. The number of nitrogens with zero attached hydrogens (tertiary/aromatic N) is 2. The number of aromatic carboxylic acids is 1. The monoisotopic (exact) mass is 599 g/mol. The van der Waals surface area contributed by atoms with Crippen molar-refractivity contribution in [2.45, 2.75) is 31.5 Å². The van der Waals surface area contributed by atoms with Gasteiger partial charge in [0.25, 0.3) is 0 Å². The molecule has 1 saturated carbocycles.